The van der Waals surface area contributed by atoms with Crippen LogP contribution in [-0.4, -0.2) is 43.3 Å². The fourth-order valence-corrected chi connectivity index (χ4v) is 2.40. The van der Waals surface area contributed by atoms with Crippen LogP contribution in [0.25, 0.3) is 0 Å². The van der Waals surface area contributed by atoms with Crippen LogP contribution in [0.1, 0.15) is 31.7 Å². The van der Waals surface area contributed by atoms with Crippen LogP contribution in [0.4, 0.5) is 11.6 Å². The fourth-order valence-electron chi connectivity index (χ4n) is 2.40. The van der Waals surface area contributed by atoms with Crippen molar-refractivity contribution in [2.24, 2.45) is 0 Å². The van der Waals surface area contributed by atoms with E-state index in [4.69, 9.17) is 4.74 Å². The van der Waals surface area contributed by atoms with Gasteiger partial charge in [-0.1, -0.05) is 13.8 Å². The van der Waals surface area contributed by atoms with E-state index in [1.807, 2.05) is 7.05 Å². The van der Waals surface area contributed by atoms with E-state index in [1.165, 1.54) is 5.56 Å². The zero-order valence-corrected chi connectivity index (χ0v) is 11.6. The van der Waals surface area contributed by atoms with E-state index in [1.54, 1.807) is 6.33 Å². The molecule has 1 unspecified atom stereocenters. The van der Waals surface area contributed by atoms with Crippen molar-refractivity contribution >= 4 is 11.6 Å². The summed E-state index contributed by atoms with van der Waals surface area (Å²) in [5, 5.41) is 3.15. The van der Waals surface area contributed by atoms with Crippen molar-refractivity contribution in [1.82, 2.24) is 9.97 Å². The average Bonchev–Trinajstić information content (AvgIpc) is 2.90. The Hall–Kier alpha value is -1.36. The molecule has 1 aliphatic heterocycles. The molecule has 5 nitrogen and oxygen atoms in total. The van der Waals surface area contributed by atoms with Gasteiger partial charge in [0, 0.05) is 26.3 Å². The van der Waals surface area contributed by atoms with Crippen LogP contribution < -0.4 is 10.2 Å². The number of ether oxygens (including phenoxy) is 1. The Morgan fingerprint density at radius 1 is 1.44 bits per heavy atom. The topological polar surface area (TPSA) is 50.3 Å². The molecule has 0 saturated carbocycles. The van der Waals surface area contributed by atoms with Crippen LogP contribution >= 0.6 is 0 Å². The number of nitrogens with one attached hydrogen (secondary N) is 1. The molecule has 1 aromatic rings. The first-order valence-electron chi connectivity index (χ1n) is 6.48. The Kier molecular flexibility index (Phi) is 4.01. The normalized spacial score (nSPS) is 19.3. The zero-order chi connectivity index (χ0) is 13.1. The van der Waals surface area contributed by atoms with Crippen molar-refractivity contribution < 1.29 is 4.74 Å². The quantitative estimate of drug-likeness (QED) is 0.884. The second kappa shape index (κ2) is 5.52. The second-order valence-corrected chi connectivity index (χ2v) is 4.99. The highest BCUT2D eigenvalue weighted by atomic mass is 16.5. The van der Waals surface area contributed by atoms with Crippen LogP contribution in [0.5, 0.6) is 0 Å². The smallest absolute Gasteiger partial charge is 0.137 e. The number of nitrogens with zero attached hydrogens (tertiary/aromatic N) is 3. The van der Waals surface area contributed by atoms with Gasteiger partial charge in [-0.2, -0.15) is 0 Å². The Labute approximate surface area is 109 Å². The maximum absolute atomic E-state index is 5.46. The molecular weight excluding hydrogens is 228 g/mol. The number of anilines is 2. The lowest BCUT2D eigenvalue weighted by molar-refractivity contribution is 0.193. The third-order valence-corrected chi connectivity index (χ3v) is 3.46. The van der Waals surface area contributed by atoms with Gasteiger partial charge >= 0.3 is 0 Å². The van der Waals surface area contributed by atoms with Crippen LogP contribution in [-0.2, 0) is 4.74 Å². The molecule has 1 atom stereocenters. The molecule has 1 N–H and O–H groups in total. The van der Waals surface area contributed by atoms with Gasteiger partial charge in [-0.15, -0.1) is 0 Å². The van der Waals surface area contributed by atoms with Crippen LogP contribution in [0, 0.1) is 0 Å². The van der Waals surface area contributed by atoms with Gasteiger partial charge in [-0.05, 0) is 12.3 Å². The highest BCUT2D eigenvalue weighted by Gasteiger charge is 2.25. The van der Waals surface area contributed by atoms with Crippen molar-refractivity contribution in [1.29, 1.82) is 0 Å². The van der Waals surface area contributed by atoms with Gasteiger partial charge in [0.2, 0.25) is 0 Å². The van der Waals surface area contributed by atoms with Crippen molar-refractivity contribution in [3.8, 4) is 0 Å². The van der Waals surface area contributed by atoms with Gasteiger partial charge < -0.3 is 15.0 Å². The Morgan fingerprint density at radius 3 is 2.78 bits per heavy atom. The summed E-state index contributed by atoms with van der Waals surface area (Å²) >= 11 is 0. The largest absolute Gasteiger partial charge is 0.379 e. The Morgan fingerprint density at radius 2 is 2.22 bits per heavy atom. The molecule has 0 radical (unpaired) electrons. The summed E-state index contributed by atoms with van der Waals surface area (Å²) in [7, 11) is 3.99. The van der Waals surface area contributed by atoms with E-state index < -0.39 is 0 Å². The first-order chi connectivity index (χ1) is 8.65. The Balaban J connectivity index is 2.36. The molecule has 1 fully saturated rings. The summed E-state index contributed by atoms with van der Waals surface area (Å²) in [5.41, 5.74) is 1.18. The molecule has 2 rings (SSSR count). The minimum atomic E-state index is 0.383. The molecule has 1 aliphatic rings. The fraction of sp³-hybridized carbons (Fsp3) is 0.692. The van der Waals surface area contributed by atoms with E-state index in [0.717, 1.165) is 31.3 Å². The molecule has 18 heavy (non-hydrogen) atoms. The summed E-state index contributed by atoms with van der Waals surface area (Å²) in [5.74, 6) is 2.31. The molecule has 2 heterocycles. The summed E-state index contributed by atoms with van der Waals surface area (Å²) in [6, 6.07) is 0.419. The summed E-state index contributed by atoms with van der Waals surface area (Å²) in [4.78, 5) is 11.0. The standard InChI is InChI=1S/C13H22N4O/c1-9(2)11-12(14-3)15-8-16-13(11)17(4)10-5-6-18-7-10/h8-10H,5-7H2,1-4H3,(H,14,15,16). The van der Waals surface area contributed by atoms with E-state index in [0.29, 0.717) is 12.0 Å². The first-order valence-corrected chi connectivity index (χ1v) is 6.48. The van der Waals surface area contributed by atoms with Gasteiger partial charge in [0.15, 0.2) is 0 Å². The van der Waals surface area contributed by atoms with Crippen molar-refractivity contribution in [3.63, 3.8) is 0 Å². The SMILES string of the molecule is CNc1ncnc(N(C)C2CCOC2)c1C(C)C. The molecular formula is C13H22N4O. The maximum Gasteiger partial charge on any atom is 0.137 e. The van der Waals surface area contributed by atoms with Crippen molar-refractivity contribution in [2.45, 2.75) is 32.2 Å². The van der Waals surface area contributed by atoms with Gasteiger partial charge in [-0.3, -0.25) is 0 Å². The number of aromatic nitrogens is 2. The minimum absolute atomic E-state index is 0.383. The van der Waals surface area contributed by atoms with Crippen LogP contribution in [0.2, 0.25) is 0 Å². The first kappa shape index (κ1) is 13.1. The van der Waals surface area contributed by atoms with Gasteiger partial charge in [0.1, 0.15) is 18.0 Å². The number of hydrogen-bond acceptors (Lipinski definition) is 5. The van der Waals surface area contributed by atoms with Crippen molar-refractivity contribution in [3.05, 3.63) is 11.9 Å². The lowest BCUT2D eigenvalue weighted by atomic mass is 10.0. The number of likely N-dealkylation sites (N-methyl/N-ethyl adjacent to an activating group) is 1. The van der Waals surface area contributed by atoms with E-state index in [2.05, 4.69) is 41.1 Å². The predicted molar refractivity (Wildman–Crippen MR) is 73.3 cm³/mol. The average molecular weight is 250 g/mol. The maximum atomic E-state index is 5.46. The number of rotatable bonds is 4. The molecule has 0 aliphatic carbocycles. The van der Waals surface area contributed by atoms with E-state index in [9.17, 15) is 0 Å². The molecule has 0 bridgehead atoms. The highest BCUT2D eigenvalue weighted by molar-refractivity contribution is 5.60. The predicted octanol–water partition coefficient (Wildman–Crippen LogP) is 1.87. The Bertz CT molecular complexity index is 402. The molecule has 0 amide bonds. The lowest BCUT2D eigenvalue weighted by Crippen LogP contribution is -2.33. The third kappa shape index (κ3) is 2.41. The highest BCUT2D eigenvalue weighted by Crippen LogP contribution is 2.31. The van der Waals surface area contributed by atoms with Crippen LogP contribution in [0.15, 0.2) is 6.33 Å². The van der Waals surface area contributed by atoms with Gasteiger partial charge in [0.05, 0.1) is 12.6 Å². The monoisotopic (exact) mass is 250 g/mol. The van der Waals surface area contributed by atoms with E-state index in [-0.39, 0.29) is 0 Å². The molecule has 5 heteroatoms. The third-order valence-electron chi connectivity index (χ3n) is 3.46. The summed E-state index contributed by atoms with van der Waals surface area (Å²) < 4.78 is 5.46. The van der Waals surface area contributed by atoms with Crippen molar-refractivity contribution in [2.75, 3.05) is 37.5 Å². The van der Waals surface area contributed by atoms with E-state index >= 15 is 0 Å². The molecule has 0 spiro atoms. The molecule has 1 saturated heterocycles. The second-order valence-electron chi connectivity index (χ2n) is 4.99. The van der Waals surface area contributed by atoms with Gasteiger partial charge in [0.25, 0.3) is 0 Å². The molecule has 0 aromatic carbocycles. The molecule has 100 valence electrons. The summed E-state index contributed by atoms with van der Waals surface area (Å²) in [6.45, 7) is 5.97. The van der Waals surface area contributed by atoms with Gasteiger partial charge in [-0.25, -0.2) is 9.97 Å². The molecule has 1 aromatic heterocycles. The van der Waals surface area contributed by atoms with Crippen LogP contribution in [0.3, 0.4) is 0 Å². The zero-order valence-electron chi connectivity index (χ0n) is 11.6. The lowest BCUT2D eigenvalue weighted by Gasteiger charge is -2.28. The number of hydrogen-bond donors (Lipinski definition) is 1. The summed E-state index contributed by atoms with van der Waals surface area (Å²) in [6.07, 6.45) is 2.69. The minimum Gasteiger partial charge on any atom is -0.379 e.